The van der Waals surface area contributed by atoms with E-state index in [0.717, 1.165) is 6.07 Å². The van der Waals surface area contributed by atoms with Crippen molar-refractivity contribution in [3.63, 3.8) is 0 Å². The Balaban J connectivity index is 2.53. The Bertz CT molecular complexity index is 627. The first-order valence-corrected chi connectivity index (χ1v) is 5.47. The molecule has 0 radical (unpaired) electrons. The topological polar surface area (TPSA) is 30.2 Å². The van der Waals surface area contributed by atoms with E-state index in [1.807, 2.05) is 0 Å². The van der Waals surface area contributed by atoms with Crippen LogP contribution in [-0.4, -0.2) is 5.78 Å². The molecule has 0 aliphatic carbocycles. The number of hydrogen-bond acceptors (Lipinski definition) is 2. The van der Waals surface area contributed by atoms with Gasteiger partial charge in [-0.15, -0.1) is 0 Å². The second-order valence-corrected chi connectivity index (χ2v) is 4.24. The summed E-state index contributed by atoms with van der Waals surface area (Å²) in [4.78, 5) is 12.1. The van der Waals surface area contributed by atoms with Crippen molar-refractivity contribution in [2.24, 2.45) is 0 Å². The van der Waals surface area contributed by atoms with E-state index >= 15 is 0 Å². The van der Waals surface area contributed by atoms with Crippen LogP contribution in [-0.2, 0) is 0 Å². The van der Waals surface area contributed by atoms with Gasteiger partial charge in [-0.2, -0.15) is 0 Å². The Kier molecular flexibility index (Phi) is 3.03. The van der Waals surface area contributed by atoms with Gasteiger partial charge in [-0.3, -0.25) is 4.79 Å². The number of halogens is 2. The Morgan fingerprint density at radius 2 is 1.67 bits per heavy atom. The third-order valence-electron chi connectivity index (χ3n) is 2.78. The quantitative estimate of drug-likeness (QED) is 0.760. The van der Waals surface area contributed by atoms with E-state index in [-0.39, 0.29) is 11.1 Å². The van der Waals surface area contributed by atoms with Gasteiger partial charge in [-0.25, -0.2) is 8.78 Å². The molecule has 94 valence electrons. The standard InChI is InChI=1S/C14H12F2O2/c1-7-4-11(13(16)6-12(7)15)14(17)10-5-8(2)18-9(10)3/h4-6H,1-3H3. The van der Waals surface area contributed by atoms with Crippen LogP contribution in [0.15, 0.2) is 22.6 Å². The molecular weight excluding hydrogens is 238 g/mol. The van der Waals surface area contributed by atoms with Gasteiger partial charge in [-0.1, -0.05) is 0 Å². The molecule has 0 aliphatic heterocycles. The van der Waals surface area contributed by atoms with Crippen molar-refractivity contribution in [1.29, 1.82) is 0 Å². The third-order valence-corrected chi connectivity index (χ3v) is 2.78. The van der Waals surface area contributed by atoms with Gasteiger partial charge in [0.1, 0.15) is 23.2 Å². The molecule has 0 fully saturated rings. The number of ketones is 1. The lowest BCUT2D eigenvalue weighted by Crippen LogP contribution is -2.06. The lowest BCUT2D eigenvalue weighted by molar-refractivity contribution is 0.103. The van der Waals surface area contributed by atoms with Crippen LogP contribution in [0.2, 0.25) is 0 Å². The van der Waals surface area contributed by atoms with Gasteiger partial charge in [0.25, 0.3) is 0 Å². The fraction of sp³-hybridized carbons (Fsp3) is 0.214. The average molecular weight is 250 g/mol. The predicted octanol–water partition coefficient (Wildman–Crippen LogP) is 3.71. The van der Waals surface area contributed by atoms with Crippen LogP contribution in [0.3, 0.4) is 0 Å². The van der Waals surface area contributed by atoms with Crippen LogP contribution in [0.25, 0.3) is 0 Å². The molecule has 1 aromatic heterocycles. The van der Waals surface area contributed by atoms with Crippen LogP contribution >= 0.6 is 0 Å². The molecule has 18 heavy (non-hydrogen) atoms. The summed E-state index contributed by atoms with van der Waals surface area (Å²) < 4.78 is 32.0. The van der Waals surface area contributed by atoms with E-state index in [1.54, 1.807) is 19.9 Å². The van der Waals surface area contributed by atoms with Crippen LogP contribution in [0, 0.1) is 32.4 Å². The number of rotatable bonds is 2. The van der Waals surface area contributed by atoms with Crippen molar-refractivity contribution in [1.82, 2.24) is 0 Å². The smallest absolute Gasteiger partial charge is 0.199 e. The average Bonchev–Trinajstić information content (AvgIpc) is 2.62. The summed E-state index contributed by atoms with van der Waals surface area (Å²) in [7, 11) is 0. The van der Waals surface area contributed by atoms with E-state index in [2.05, 4.69) is 0 Å². The molecule has 1 aromatic carbocycles. The Morgan fingerprint density at radius 1 is 1.00 bits per heavy atom. The normalized spacial score (nSPS) is 10.7. The number of furan rings is 1. The largest absolute Gasteiger partial charge is 0.466 e. The van der Waals surface area contributed by atoms with Gasteiger partial charge in [0.05, 0.1) is 11.1 Å². The molecule has 0 atom stereocenters. The fourth-order valence-corrected chi connectivity index (χ4v) is 1.83. The van der Waals surface area contributed by atoms with Gasteiger partial charge in [0.15, 0.2) is 5.78 Å². The highest BCUT2D eigenvalue weighted by Crippen LogP contribution is 2.21. The number of benzene rings is 1. The monoisotopic (exact) mass is 250 g/mol. The predicted molar refractivity (Wildman–Crippen MR) is 62.7 cm³/mol. The first-order valence-electron chi connectivity index (χ1n) is 5.47. The minimum absolute atomic E-state index is 0.141. The molecule has 0 spiro atoms. The summed E-state index contributed by atoms with van der Waals surface area (Å²) in [6, 6.07) is 3.50. The second-order valence-electron chi connectivity index (χ2n) is 4.24. The molecule has 0 amide bonds. The van der Waals surface area contributed by atoms with Crippen LogP contribution in [0.4, 0.5) is 8.78 Å². The maximum Gasteiger partial charge on any atom is 0.199 e. The molecule has 0 saturated carbocycles. The van der Waals surface area contributed by atoms with E-state index < -0.39 is 17.4 Å². The Hall–Kier alpha value is -1.97. The van der Waals surface area contributed by atoms with Crippen molar-refractivity contribution in [3.05, 3.63) is 58.0 Å². The van der Waals surface area contributed by atoms with Crippen LogP contribution in [0.1, 0.15) is 33.0 Å². The highest BCUT2D eigenvalue weighted by atomic mass is 19.1. The number of hydrogen-bond donors (Lipinski definition) is 0. The number of aryl methyl sites for hydroxylation is 3. The van der Waals surface area contributed by atoms with Crippen molar-refractivity contribution in [2.45, 2.75) is 20.8 Å². The molecule has 0 bridgehead atoms. The maximum absolute atomic E-state index is 13.6. The van der Waals surface area contributed by atoms with Crippen molar-refractivity contribution < 1.29 is 18.0 Å². The Labute approximate surface area is 103 Å². The fourth-order valence-electron chi connectivity index (χ4n) is 1.83. The summed E-state index contributed by atoms with van der Waals surface area (Å²) >= 11 is 0. The highest BCUT2D eigenvalue weighted by Gasteiger charge is 2.20. The summed E-state index contributed by atoms with van der Waals surface area (Å²) in [5, 5.41) is 0. The zero-order chi connectivity index (χ0) is 13.4. The van der Waals surface area contributed by atoms with Gasteiger partial charge in [0.2, 0.25) is 0 Å². The molecule has 1 heterocycles. The molecule has 4 heteroatoms. The van der Waals surface area contributed by atoms with Gasteiger partial charge < -0.3 is 4.42 Å². The minimum Gasteiger partial charge on any atom is -0.466 e. The van der Waals surface area contributed by atoms with Gasteiger partial charge >= 0.3 is 0 Å². The van der Waals surface area contributed by atoms with Crippen LogP contribution in [0.5, 0.6) is 0 Å². The van der Waals surface area contributed by atoms with E-state index in [4.69, 9.17) is 4.42 Å². The summed E-state index contributed by atoms with van der Waals surface area (Å²) in [6.45, 7) is 4.82. The zero-order valence-electron chi connectivity index (χ0n) is 10.3. The lowest BCUT2D eigenvalue weighted by atomic mass is 10.0. The molecule has 0 unspecified atom stereocenters. The van der Waals surface area contributed by atoms with Crippen molar-refractivity contribution in [3.8, 4) is 0 Å². The first kappa shape index (κ1) is 12.5. The molecule has 0 saturated heterocycles. The maximum atomic E-state index is 13.6. The second kappa shape index (κ2) is 4.37. The first-order chi connectivity index (χ1) is 8.40. The van der Waals surface area contributed by atoms with E-state index in [9.17, 15) is 13.6 Å². The SMILES string of the molecule is Cc1cc(C(=O)c2cc(C)c(F)cc2F)c(C)o1. The van der Waals surface area contributed by atoms with Gasteiger partial charge in [-0.05, 0) is 38.5 Å². The third kappa shape index (κ3) is 2.06. The molecule has 0 aliphatic rings. The van der Waals surface area contributed by atoms with Crippen molar-refractivity contribution in [2.75, 3.05) is 0 Å². The molecule has 0 N–H and O–H groups in total. The summed E-state index contributed by atoms with van der Waals surface area (Å²) in [5.41, 5.74) is 0.396. The Morgan fingerprint density at radius 3 is 2.22 bits per heavy atom. The summed E-state index contributed by atoms with van der Waals surface area (Å²) in [5.74, 6) is -1.01. The van der Waals surface area contributed by atoms with E-state index in [1.165, 1.54) is 13.0 Å². The highest BCUT2D eigenvalue weighted by molar-refractivity contribution is 6.09. The molecule has 2 aromatic rings. The molecule has 2 nitrogen and oxygen atoms in total. The summed E-state index contributed by atoms with van der Waals surface area (Å²) in [6.07, 6.45) is 0. The molecule has 2 rings (SSSR count). The van der Waals surface area contributed by atoms with Crippen molar-refractivity contribution >= 4 is 5.78 Å². The van der Waals surface area contributed by atoms with E-state index in [0.29, 0.717) is 17.1 Å². The minimum atomic E-state index is -0.860. The molecular formula is C14H12F2O2. The lowest BCUT2D eigenvalue weighted by Gasteiger charge is -2.04. The number of carbonyl (C=O) groups is 1. The number of carbonyl (C=O) groups excluding carboxylic acids is 1. The van der Waals surface area contributed by atoms with Crippen LogP contribution < -0.4 is 0 Å². The zero-order valence-corrected chi connectivity index (χ0v) is 10.3. The van der Waals surface area contributed by atoms with Gasteiger partial charge in [0, 0.05) is 6.07 Å².